The Hall–Kier alpha value is -2.47. The van der Waals surface area contributed by atoms with Gasteiger partial charge in [-0.3, -0.25) is 0 Å². The summed E-state index contributed by atoms with van der Waals surface area (Å²) in [5.74, 6) is -0.347. The van der Waals surface area contributed by atoms with Crippen molar-refractivity contribution in [3.05, 3.63) is 70.8 Å². The number of aryl methyl sites for hydroxylation is 1. The molecule has 0 bridgehead atoms. The summed E-state index contributed by atoms with van der Waals surface area (Å²) < 4.78 is 10.6. The number of piperidine rings is 1. The molecule has 1 spiro atoms. The Kier molecular flexibility index (Phi) is 6.79. The first kappa shape index (κ1) is 22.7. The molecular weight excluding hydrogens is 422 g/mol. The van der Waals surface area contributed by atoms with E-state index >= 15 is 0 Å². The molecule has 0 aromatic heterocycles. The van der Waals surface area contributed by atoms with Gasteiger partial charge in [0, 0.05) is 11.8 Å². The van der Waals surface area contributed by atoms with Crippen LogP contribution in [0.25, 0.3) is 0 Å². The molecule has 0 radical (unpaired) electrons. The molecule has 5 nitrogen and oxygen atoms in total. The van der Waals surface area contributed by atoms with Crippen molar-refractivity contribution in [2.75, 3.05) is 19.9 Å². The van der Waals surface area contributed by atoms with Crippen LogP contribution in [0.5, 0.6) is 0 Å². The average Bonchev–Trinajstić information content (AvgIpc) is 2.80. The molecule has 6 heteroatoms. The number of carbonyl (C=O) groups excluding carboxylic acids is 2. The number of thioether (sulfide) groups is 1. The molecule has 1 aliphatic carbocycles. The minimum Gasteiger partial charge on any atom is -0.465 e. The minimum absolute atomic E-state index is 0.0541. The molecular formula is C26H31NO4S. The van der Waals surface area contributed by atoms with Crippen LogP contribution in [0.15, 0.2) is 48.5 Å². The number of nitrogens with zero attached hydrogens (tertiary/aromatic N) is 1. The van der Waals surface area contributed by atoms with Crippen LogP contribution in [-0.4, -0.2) is 42.1 Å². The van der Waals surface area contributed by atoms with Gasteiger partial charge in [-0.2, -0.15) is 11.8 Å². The second-order valence-electron chi connectivity index (χ2n) is 9.03. The second-order valence-corrected chi connectivity index (χ2v) is 10.2. The van der Waals surface area contributed by atoms with Crippen LogP contribution in [-0.2, 0) is 16.1 Å². The highest BCUT2D eigenvalue weighted by Crippen LogP contribution is 2.57. The van der Waals surface area contributed by atoms with Crippen LogP contribution in [0.4, 0.5) is 4.79 Å². The molecule has 0 N–H and O–H groups in total. The highest BCUT2D eigenvalue weighted by atomic mass is 32.2. The summed E-state index contributed by atoms with van der Waals surface area (Å²) >= 11 is 1.94. The summed E-state index contributed by atoms with van der Waals surface area (Å²) in [6.45, 7) is 2.96. The Morgan fingerprint density at radius 3 is 2.53 bits per heavy atom. The normalized spacial score (nSPS) is 24.7. The molecule has 2 aromatic carbocycles. The minimum atomic E-state index is -0.347. The van der Waals surface area contributed by atoms with E-state index in [4.69, 9.17) is 9.47 Å². The van der Waals surface area contributed by atoms with Gasteiger partial charge in [0.25, 0.3) is 0 Å². The Labute approximate surface area is 194 Å². The third kappa shape index (κ3) is 4.65. The van der Waals surface area contributed by atoms with E-state index in [1.165, 1.54) is 20.0 Å². The van der Waals surface area contributed by atoms with Crippen LogP contribution >= 0.6 is 11.8 Å². The zero-order valence-corrected chi connectivity index (χ0v) is 19.8. The van der Waals surface area contributed by atoms with Crippen LogP contribution in [0, 0.1) is 12.3 Å². The molecule has 170 valence electrons. The number of methoxy groups -OCH3 is 1. The van der Waals surface area contributed by atoms with Gasteiger partial charge < -0.3 is 14.4 Å². The number of hydrogen-bond acceptors (Lipinski definition) is 5. The summed E-state index contributed by atoms with van der Waals surface area (Å²) in [6.07, 6.45) is 6.27. The Balaban J connectivity index is 1.56. The first-order chi connectivity index (χ1) is 15.4. The zero-order chi connectivity index (χ0) is 22.7. The molecule has 1 atom stereocenters. The topological polar surface area (TPSA) is 55.8 Å². The fraction of sp³-hybridized carbons (Fsp3) is 0.462. The number of amides is 1. The quantitative estimate of drug-likeness (QED) is 0.538. The summed E-state index contributed by atoms with van der Waals surface area (Å²) in [5.41, 5.74) is 3.88. The Morgan fingerprint density at radius 1 is 1.12 bits per heavy atom. The standard InChI is InChI=1S/C26H31NO4S/c1-18-13-20(24(28)30-2)9-10-22(18)23-16-26(14-21(15-26)32-3)11-12-27(23)25(29)31-17-19-7-5-4-6-8-19/h4-10,13,21,23H,11-12,14-17H2,1-3H3/t21?,23-,26?/m0/s1. The fourth-order valence-electron chi connectivity index (χ4n) is 5.17. The lowest BCUT2D eigenvalue weighted by Gasteiger charge is -2.54. The molecule has 1 saturated carbocycles. The maximum Gasteiger partial charge on any atom is 0.410 e. The summed E-state index contributed by atoms with van der Waals surface area (Å²) in [5, 5.41) is 0.718. The van der Waals surface area contributed by atoms with Crippen molar-refractivity contribution in [3.8, 4) is 0 Å². The number of carbonyl (C=O) groups is 2. The maximum atomic E-state index is 13.2. The molecule has 2 aliphatic rings. The number of rotatable bonds is 5. The van der Waals surface area contributed by atoms with E-state index in [1.54, 1.807) is 6.07 Å². The van der Waals surface area contributed by atoms with Gasteiger partial charge in [0.05, 0.1) is 18.7 Å². The largest absolute Gasteiger partial charge is 0.465 e. The summed E-state index contributed by atoms with van der Waals surface area (Å²) in [6, 6.07) is 15.4. The van der Waals surface area contributed by atoms with E-state index in [0.29, 0.717) is 17.5 Å². The first-order valence-electron chi connectivity index (χ1n) is 11.1. The number of benzene rings is 2. The van der Waals surface area contributed by atoms with E-state index in [2.05, 4.69) is 6.26 Å². The van der Waals surface area contributed by atoms with Crippen molar-refractivity contribution in [2.24, 2.45) is 5.41 Å². The lowest BCUT2D eigenvalue weighted by atomic mass is 9.60. The van der Waals surface area contributed by atoms with Crippen molar-refractivity contribution in [1.82, 2.24) is 4.90 Å². The predicted octanol–water partition coefficient (Wildman–Crippen LogP) is 5.77. The molecule has 1 amide bonds. The van der Waals surface area contributed by atoms with E-state index in [1.807, 2.05) is 66.1 Å². The molecule has 1 heterocycles. The average molecular weight is 454 g/mol. The van der Waals surface area contributed by atoms with Gasteiger partial charge >= 0.3 is 12.1 Å². The van der Waals surface area contributed by atoms with Crippen molar-refractivity contribution in [3.63, 3.8) is 0 Å². The summed E-state index contributed by atoms with van der Waals surface area (Å²) in [7, 11) is 1.39. The molecule has 2 fully saturated rings. The van der Waals surface area contributed by atoms with Gasteiger partial charge in [-0.25, -0.2) is 9.59 Å². The number of hydrogen-bond donors (Lipinski definition) is 0. The van der Waals surface area contributed by atoms with E-state index in [9.17, 15) is 9.59 Å². The fourth-order valence-corrected chi connectivity index (χ4v) is 6.21. The molecule has 1 aliphatic heterocycles. The van der Waals surface area contributed by atoms with Crippen LogP contribution in [0.1, 0.15) is 58.8 Å². The van der Waals surface area contributed by atoms with Crippen molar-refractivity contribution in [2.45, 2.75) is 50.5 Å². The van der Waals surface area contributed by atoms with Gasteiger partial charge in [0.2, 0.25) is 0 Å². The highest BCUT2D eigenvalue weighted by molar-refractivity contribution is 7.99. The number of esters is 1. The molecule has 1 saturated heterocycles. The number of ether oxygens (including phenoxy) is 2. The zero-order valence-electron chi connectivity index (χ0n) is 19.0. The molecule has 2 aromatic rings. The lowest BCUT2D eigenvalue weighted by Crippen LogP contribution is -2.51. The smallest absolute Gasteiger partial charge is 0.410 e. The van der Waals surface area contributed by atoms with Gasteiger partial charge in [-0.15, -0.1) is 0 Å². The van der Waals surface area contributed by atoms with Crippen molar-refractivity contribution in [1.29, 1.82) is 0 Å². The lowest BCUT2D eigenvalue weighted by molar-refractivity contribution is -0.00568. The van der Waals surface area contributed by atoms with Crippen LogP contribution in [0.2, 0.25) is 0 Å². The van der Waals surface area contributed by atoms with E-state index in [0.717, 1.165) is 34.8 Å². The third-order valence-corrected chi connectivity index (χ3v) is 8.03. The number of likely N-dealkylation sites (tertiary alicyclic amines) is 1. The van der Waals surface area contributed by atoms with Gasteiger partial charge in [-0.1, -0.05) is 36.4 Å². The SMILES string of the molecule is COC(=O)c1ccc([C@@H]2CC3(CCN2C(=O)OCc2ccccc2)CC(SC)C3)c(C)c1. The van der Waals surface area contributed by atoms with Crippen LogP contribution in [0.3, 0.4) is 0 Å². The van der Waals surface area contributed by atoms with Gasteiger partial charge in [0.15, 0.2) is 0 Å². The molecule has 4 rings (SSSR count). The Morgan fingerprint density at radius 2 is 1.88 bits per heavy atom. The monoisotopic (exact) mass is 453 g/mol. The second kappa shape index (κ2) is 9.57. The Bertz CT molecular complexity index is 971. The third-order valence-electron chi connectivity index (χ3n) is 7.03. The maximum absolute atomic E-state index is 13.2. The van der Waals surface area contributed by atoms with Crippen molar-refractivity contribution >= 4 is 23.8 Å². The highest BCUT2D eigenvalue weighted by Gasteiger charge is 2.50. The summed E-state index contributed by atoms with van der Waals surface area (Å²) in [4.78, 5) is 27.0. The molecule has 32 heavy (non-hydrogen) atoms. The van der Waals surface area contributed by atoms with E-state index < -0.39 is 0 Å². The van der Waals surface area contributed by atoms with Crippen LogP contribution < -0.4 is 0 Å². The first-order valence-corrected chi connectivity index (χ1v) is 12.4. The van der Waals surface area contributed by atoms with Gasteiger partial charge in [-0.05, 0) is 73.1 Å². The molecule has 0 unspecified atom stereocenters. The van der Waals surface area contributed by atoms with Gasteiger partial charge in [0.1, 0.15) is 6.61 Å². The predicted molar refractivity (Wildman–Crippen MR) is 127 cm³/mol. The van der Waals surface area contributed by atoms with E-state index in [-0.39, 0.29) is 24.7 Å². The van der Waals surface area contributed by atoms with Crippen molar-refractivity contribution < 1.29 is 19.1 Å².